The second kappa shape index (κ2) is 11.8. The molecule has 0 N–H and O–H groups in total. The van der Waals surface area contributed by atoms with Crippen molar-refractivity contribution >= 4 is 23.8 Å². The minimum atomic E-state index is -0.539. The van der Waals surface area contributed by atoms with E-state index in [0.29, 0.717) is 24.0 Å². The molecule has 0 aliphatic carbocycles. The Morgan fingerprint density at radius 3 is 1.74 bits per heavy atom. The van der Waals surface area contributed by atoms with E-state index in [1.54, 1.807) is 67.0 Å². The number of carbonyl (C=O) groups excluding carboxylic acids is 4. The first-order valence-electron chi connectivity index (χ1n) is 11.1. The number of carbonyl (C=O) groups is 4. The number of esters is 2. The number of ether oxygens (including phenoxy) is 2. The average molecular weight is 477 g/mol. The molecule has 0 bridgehead atoms. The Morgan fingerprint density at radius 1 is 0.743 bits per heavy atom. The number of hydrogen-bond donors (Lipinski definition) is 0. The predicted molar refractivity (Wildman–Crippen MR) is 129 cm³/mol. The Hall–Kier alpha value is -4.20. The quantitative estimate of drug-likeness (QED) is 0.627. The first kappa shape index (κ1) is 25.4. The van der Waals surface area contributed by atoms with E-state index in [9.17, 15) is 19.2 Å². The third-order valence-corrected chi connectivity index (χ3v) is 5.63. The number of amides is 2. The molecule has 2 atom stereocenters. The summed E-state index contributed by atoms with van der Waals surface area (Å²) < 4.78 is 9.41. The fourth-order valence-corrected chi connectivity index (χ4v) is 3.85. The zero-order valence-electron chi connectivity index (χ0n) is 19.9. The number of hydrogen-bond acceptors (Lipinski definition) is 6. The number of methoxy groups -OCH3 is 2. The van der Waals surface area contributed by atoms with Gasteiger partial charge in [0.1, 0.15) is 12.1 Å². The monoisotopic (exact) mass is 476 g/mol. The molecule has 0 saturated heterocycles. The van der Waals surface area contributed by atoms with Crippen LogP contribution < -0.4 is 0 Å². The topological polar surface area (TPSA) is 93.2 Å². The Balaban J connectivity index is 0.000000196. The molecule has 0 saturated carbocycles. The molecule has 35 heavy (non-hydrogen) atoms. The van der Waals surface area contributed by atoms with Gasteiger partial charge in [0.2, 0.25) is 0 Å². The maximum Gasteiger partial charge on any atom is 0.329 e. The van der Waals surface area contributed by atoms with Gasteiger partial charge in [0.15, 0.2) is 0 Å². The van der Waals surface area contributed by atoms with Crippen LogP contribution in [0.2, 0.25) is 0 Å². The van der Waals surface area contributed by atoms with Gasteiger partial charge in [-0.05, 0) is 37.6 Å². The summed E-state index contributed by atoms with van der Waals surface area (Å²) in [6.07, 6.45) is 6.19. The molecular formula is C27H28N2O6. The highest BCUT2D eigenvalue weighted by atomic mass is 16.5. The van der Waals surface area contributed by atoms with Crippen LogP contribution in [0.1, 0.15) is 40.5 Å². The zero-order valence-corrected chi connectivity index (χ0v) is 19.9. The molecular weight excluding hydrogens is 448 g/mol. The van der Waals surface area contributed by atoms with Crippen LogP contribution in [0, 0.1) is 0 Å². The Bertz CT molecular complexity index is 1130. The first-order chi connectivity index (χ1) is 16.9. The van der Waals surface area contributed by atoms with Crippen LogP contribution in [-0.2, 0) is 19.1 Å². The second-order valence-electron chi connectivity index (χ2n) is 8.03. The van der Waals surface area contributed by atoms with Crippen molar-refractivity contribution in [3.05, 3.63) is 95.8 Å². The molecule has 0 aromatic heterocycles. The van der Waals surface area contributed by atoms with Gasteiger partial charge in [0.25, 0.3) is 11.8 Å². The van der Waals surface area contributed by atoms with Crippen LogP contribution in [0.5, 0.6) is 0 Å². The van der Waals surface area contributed by atoms with Crippen LogP contribution in [0.25, 0.3) is 0 Å². The van der Waals surface area contributed by atoms with Crippen LogP contribution in [0.3, 0.4) is 0 Å². The van der Waals surface area contributed by atoms with Crippen molar-refractivity contribution in [3.63, 3.8) is 0 Å². The van der Waals surface area contributed by atoms with Gasteiger partial charge < -0.3 is 19.3 Å². The second-order valence-corrected chi connectivity index (χ2v) is 8.03. The van der Waals surface area contributed by atoms with Gasteiger partial charge in [-0.15, -0.1) is 0 Å². The fraction of sp³-hybridized carbons (Fsp3) is 0.259. The van der Waals surface area contributed by atoms with E-state index in [0.717, 1.165) is 5.57 Å². The summed E-state index contributed by atoms with van der Waals surface area (Å²) in [7, 11) is 2.66. The van der Waals surface area contributed by atoms with Gasteiger partial charge in [0, 0.05) is 29.9 Å². The van der Waals surface area contributed by atoms with Crippen molar-refractivity contribution in [2.75, 3.05) is 14.2 Å². The third-order valence-electron chi connectivity index (χ3n) is 5.63. The predicted octanol–water partition coefficient (Wildman–Crippen LogP) is 3.57. The van der Waals surface area contributed by atoms with Crippen molar-refractivity contribution in [2.45, 2.75) is 31.8 Å². The van der Waals surface area contributed by atoms with Gasteiger partial charge >= 0.3 is 11.9 Å². The maximum atomic E-state index is 12.3. The molecule has 2 aromatic rings. The lowest BCUT2D eigenvalue weighted by atomic mass is 10.1. The van der Waals surface area contributed by atoms with Crippen molar-refractivity contribution in [3.8, 4) is 0 Å². The smallest absolute Gasteiger partial charge is 0.329 e. The lowest BCUT2D eigenvalue weighted by molar-refractivity contribution is -0.145. The standard InChI is InChI=1S/C14H15NO3.C13H13NO3/c1-10-8-12(14(17)18-2)15(9-10)13(16)11-6-4-3-5-7-11;1-17-13(16)11-8-5-9-14(11)12(15)10-6-3-2-4-7-10/h3-7,9,12H,8H2,1-2H3;2-7,9,11H,8H2,1H3/t12-;11-/m00/s1. The maximum absolute atomic E-state index is 12.3. The van der Waals surface area contributed by atoms with Crippen LogP contribution in [-0.4, -0.2) is 59.9 Å². The van der Waals surface area contributed by atoms with Gasteiger partial charge in [-0.3, -0.25) is 9.59 Å². The van der Waals surface area contributed by atoms with Gasteiger partial charge in [-0.25, -0.2) is 9.59 Å². The molecule has 4 rings (SSSR count). The highest BCUT2D eigenvalue weighted by Crippen LogP contribution is 2.24. The molecule has 8 nitrogen and oxygen atoms in total. The first-order valence-corrected chi connectivity index (χ1v) is 11.1. The van der Waals surface area contributed by atoms with Crippen LogP contribution in [0.4, 0.5) is 0 Å². The normalized spacial score (nSPS) is 18.3. The lowest BCUT2D eigenvalue weighted by Gasteiger charge is -2.21. The van der Waals surface area contributed by atoms with E-state index in [2.05, 4.69) is 4.74 Å². The Morgan fingerprint density at radius 2 is 1.23 bits per heavy atom. The summed E-state index contributed by atoms with van der Waals surface area (Å²) in [5.41, 5.74) is 2.12. The van der Waals surface area contributed by atoms with Crippen molar-refractivity contribution in [1.29, 1.82) is 0 Å². The largest absolute Gasteiger partial charge is 0.467 e. The zero-order chi connectivity index (χ0) is 25.4. The molecule has 2 aliphatic rings. The molecule has 0 unspecified atom stereocenters. The van der Waals surface area contributed by atoms with Crippen molar-refractivity contribution in [1.82, 2.24) is 9.80 Å². The highest BCUT2D eigenvalue weighted by Gasteiger charge is 2.34. The van der Waals surface area contributed by atoms with Gasteiger partial charge in [-0.2, -0.15) is 0 Å². The van der Waals surface area contributed by atoms with Gasteiger partial charge in [-0.1, -0.05) is 48.0 Å². The molecule has 182 valence electrons. The number of nitrogens with zero attached hydrogens (tertiary/aromatic N) is 2. The van der Waals surface area contributed by atoms with E-state index in [1.807, 2.05) is 19.1 Å². The molecule has 0 spiro atoms. The van der Waals surface area contributed by atoms with Crippen LogP contribution >= 0.6 is 0 Å². The number of benzene rings is 2. The SMILES string of the molecule is COC(=O)[C@@H]1CC(C)=CN1C(=O)c1ccccc1.COC(=O)[C@@H]1CC=CN1C(=O)c1ccccc1. The Kier molecular flexibility index (Phi) is 8.56. The van der Waals surface area contributed by atoms with Crippen molar-refractivity contribution < 1.29 is 28.7 Å². The molecule has 2 aliphatic heterocycles. The summed E-state index contributed by atoms with van der Waals surface area (Å²) in [6.45, 7) is 1.90. The van der Waals surface area contributed by atoms with E-state index in [-0.39, 0.29) is 23.8 Å². The third kappa shape index (κ3) is 6.03. The minimum Gasteiger partial charge on any atom is -0.467 e. The highest BCUT2D eigenvalue weighted by molar-refractivity contribution is 5.98. The fourth-order valence-electron chi connectivity index (χ4n) is 3.85. The Labute approximate surface area is 204 Å². The molecule has 0 fully saturated rings. The summed E-state index contributed by atoms with van der Waals surface area (Å²) in [4.78, 5) is 50.5. The lowest BCUT2D eigenvalue weighted by Crippen LogP contribution is -2.39. The molecule has 0 radical (unpaired) electrons. The minimum absolute atomic E-state index is 0.178. The van der Waals surface area contributed by atoms with Crippen LogP contribution in [0.15, 0.2) is 84.7 Å². The summed E-state index contributed by atoms with van der Waals surface area (Å²) in [6, 6.07) is 16.7. The van der Waals surface area contributed by atoms with Crippen molar-refractivity contribution in [2.24, 2.45) is 0 Å². The molecule has 8 heteroatoms. The van der Waals surface area contributed by atoms with E-state index in [4.69, 9.17) is 4.74 Å². The summed E-state index contributed by atoms with van der Waals surface area (Å²) in [5, 5.41) is 0. The van der Waals surface area contributed by atoms with E-state index in [1.165, 1.54) is 24.0 Å². The van der Waals surface area contributed by atoms with E-state index >= 15 is 0 Å². The summed E-state index contributed by atoms with van der Waals surface area (Å²) >= 11 is 0. The molecule has 2 amide bonds. The molecule has 2 heterocycles. The number of rotatable bonds is 4. The average Bonchev–Trinajstić information content (AvgIpc) is 3.55. The van der Waals surface area contributed by atoms with Gasteiger partial charge in [0.05, 0.1) is 14.2 Å². The molecule has 2 aromatic carbocycles. The van der Waals surface area contributed by atoms with E-state index < -0.39 is 12.1 Å². The summed E-state index contributed by atoms with van der Waals surface area (Å²) in [5.74, 6) is -1.13.